The van der Waals surface area contributed by atoms with E-state index in [1.165, 1.54) is 12.1 Å². The van der Waals surface area contributed by atoms with E-state index in [1.54, 1.807) is 0 Å². The summed E-state index contributed by atoms with van der Waals surface area (Å²) in [5.41, 5.74) is 0.429. The topological polar surface area (TPSA) is 54.4 Å². The zero-order valence-corrected chi connectivity index (χ0v) is 10.4. The van der Waals surface area contributed by atoms with Crippen LogP contribution in [0.4, 0.5) is 0 Å². The minimum Gasteiger partial charge on any atom is -0.481 e. The lowest BCUT2D eigenvalue weighted by atomic mass is 10.1. The Balaban J connectivity index is 3.24. The summed E-state index contributed by atoms with van der Waals surface area (Å²) in [6.45, 7) is 0. The monoisotopic (exact) mass is 346 g/mol. The number of carboxylic acid groups (broad SMARTS) is 1. The predicted octanol–water partition coefficient (Wildman–Crippen LogP) is 3.11. The first-order valence-corrected chi connectivity index (χ1v) is 6.23. The van der Waals surface area contributed by atoms with Gasteiger partial charge >= 0.3 is 5.97 Å². The molecule has 0 spiro atoms. The van der Waals surface area contributed by atoms with Crippen LogP contribution in [0.25, 0.3) is 0 Å². The Morgan fingerprint density at radius 1 is 1.43 bits per heavy atom. The van der Waals surface area contributed by atoms with E-state index in [0.29, 0.717) is 14.2 Å². The van der Waals surface area contributed by atoms with E-state index in [-0.39, 0.29) is 11.4 Å². The van der Waals surface area contributed by atoms with Gasteiger partial charge < -0.3 is 5.11 Å². The highest BCUT2D eigenvalue weighted by Crippen LogP contribution is 2.29. The Labute approximate surface area is 101 Å². The van der Waals surface area contributed by atoms with Crippen molar-refractivity contribution in [1.29, 1.82) is 0 Å². The summed E-state index contributed by atoms with van der Waals surface area (Å²) in [5, 5.41) is 9.22. The van der Waals surface area contributed by atoms with Crippen molar-refractivity contribution in [2.24, 2.45) is 0 Å². The van der Waals surface area contributed by atoms with E-state index in [2.05, 4.69) is 0 Å². The molecule has 1 aromatic rings. The Morgan fingerprint density at radius 2 is 2.07 bits per heavy atom. The van der Waals surface area contributed by atoms with Crippen LogP contribution >= 0.6 is 44.4 Å². The molecule has 0 aromatic heterocycles. The molecule has 0 fully saturated rings. The highest BCUT2D eigenvalue weighted by molar-refractivity contribution is 14.1. The van der Waals surface area contributed by atoms with Crippen molar-refractivity contribution in [3.05, 3.63) is 31.3 Å². The first-order chi connectivity index (χ1) is 6.54. The number of aliphatic carboxylic acids is 1. The molecule has 0 aliphatic heterocycles. The molecule has 0 aliphatic carbocycles. The maximum atomic E-state index is 10.9. The molecule has 3 nitrogen and oxygen atoms in total. The van der Waals surface area contributed by atoms with E-state index in [1.807, 2.05) is 0 Å². The van der Waals surface area contributed by atoms with Crippen LogP contribution in [0, 0.1) is 3.57 Å². The fourth-order valence-electron chi connectivity index (χ4n) is 0.987. The number of hydrogen-bond acceptors (Lipinski definition) is 2. The first-order valence-electron chi connectivity index (χ1n) is 3.51. The maximum absolute atomic E-state index is 10.9. The first kappa shape index (κ1) is 11.9. The van der Waals surface area contributed by atoms with Crippen LogP contribution in [0.15, 0.2) is 12.1 Å². The number of halogens is 3. The molecule has 0 saturated carbocycles. The van der Waals surface area contributed by atoms with Crippen molar-refractivity contribution in [2.45, 2.75) is 6.42 Å². The molecule has 0 bridgehead atoms. The second-order valence-corrected chi connectivity index (χ2v) is 4.87. The summed E-state index contributed by atoms with van der Waals surface area (Å²) < 4.78 is 11.3. The summed E-state index contributed by atoms with van der Waals surface area (Å²) in [5.74, 6) is -0.998. The van der Waals surface area contributed by atoms with E-state index < -0.39 is 27.2 Å². The van der Waals surface area contributed by atoms with Crippen LogP contribution in [0.1, 0.15) is 5.56 Å². The SMILES string of the molecule is O=Ic1c(Cl)cc(Cl)cc1CC(=O)O. The van der Waals surface area contributed by atoms with Gasteiger partial charge in [0.25, 0.3) is 0 Å². The average Bonchev–Trinajstić information content (AvgIpc) is 2.01. The average molecular weight is 347 g/mol. The van der Waals surface area contributed by atoms with E-state index in [0.717, 1.165) is 0 Å². The van der Waals surface area contributed by atoms with Crippen molar-refractivity contribution in [1.82, 2.24) is 0 Å². The van der Waals surface area contributed by atoms with Crippen molar-refractivity contribution in [3.8, 4) is 0 Å². The number of carbonyl (C=O) groups is 1. The fourth-order valence-corrected chi connectivity index (χ4v) is 2.71. The van der Waals surface area contributed by atoms with Gasteiger partial charge in [-0.2, -0.15) is 0 Å². The van der Waals surface area contributed by atoms with Crippen molar-refractivity contribution in [3.63, 3.8) is 0 Å². The van der Waals surface area contributed by atoms with Crippen LogP contribution in [0.2, 0.25) is 10.0 Å². The third kappa shape index (κ3) is 2.90. The summed E-state index contributed by atoms with van der Waals surface area (Å²) in [6, 6.07) is 2.94. The smallest absolute Gasteiger partial charge is 0.307 e. The highest BCUT2D eigenvalue weighted by atomic mass is 127. The molecule has 0 saturated heterocycles. The lowest BCUT2D eigenvalue weighted by Crippen LogP contribution is -2.02. The van der Waals surface area contributed by atoms with Gasteiger partial charge in [-0.05, 0) is 17.7 Å². The van der Waals surface area contributed by atoms with Gasteiger partial charge in [-0.25, -0.2) is 0 Å². The molecule has 6 heteroatoms. The molecule has 0 aliphatic rings. The van der Waals surface area contributed by atoms with Crippen LogP contribution < -0.4 is 0 Å². The minimum atomic E-state index is -1.48. The van der Waals surface area contributed by atoms with Gasteiger partial charge in [0.15, 0.2) is 21.2 Å². The fraction of sp³-hybridized carbons (Fsp3) is 0.125. The van der Waals surface area contributed by atoms with Gasteiger partial charge in [-0.1, -0.05) is 23.2 Å². The van der Waals surface area contributed by atoms with E-state index in [9.17, 15) is 7.86 Å². The normalized spacial score (nSPS) is 10.1. The Hall–Kier alpha value is -0.200. The van der Waals surface area contributed by atoms with Gasteiger partial charge in [-0.15, -0.1) is 0 Å². The Morgan fingerprint density at radius 3 is 2.57 bits per heavy atom. The van der Waals surface area contributed by atoms with Gasteiger partial charge in [0.05, 0.1) is 15.0 Å². The quantitative estimate of drug-likeness (QED) is 0.675. The van der Waals surface area contributed by atoms with Crippen molar-refractivity contribution in [2.75, 3.05) is 0 Å². The maximum Gasteiger partial charge on any atom is 0.307 e. The van der Waals surface area contributed by atoms with Crippen molar-refractivity contribution >= 4 is 50.4 Å². The summed E-state index contributed by atoms with van der Waals surface area (Å²) in [7, 11) is 0. The van der Waals surface area contributed by atoms with Gasteiger partial charge in [0.2, 0.25) is 0 Å². The molecule has 1 rings (SSSR count). The summed E-state index contributed by atoms with van der Waals surface area (Å²) in [6.07, 6.45) is -0.211. The molecule has 0 amide bonds. The number of benzene rings is 1. The van der Waals surface area contributed by atoms with Crippen LogP contribution in [-0.2, 0) is 14.3 Å². The molecule has 1 aromatic carbocycles. The third-order valence-electron chi connectivity index (χ3n) is 1.49. The summed E-state index contributed by atoms with van der Waals surface area (Å²) >= 11 is 9.98. The minimum absolute atomic E-state index is 0.211. The Kier molecular flexibility index (Phi) is 4.28. The second-order valence-electron chi connectivity index (χ2n) is 2.51. The predicted molar refractivity (Wildman–Crippen MR) is 61.2 cm³/mol. The molecule has 0 atom stereocenters. The van der Waals surface area contributed by atoms with Gasteiger partial charge in [0.1, 0.15) is 0 Å². The molecule has 14 heavy (non-hydrogen) atoms. The molecular formula is C8H5Cl2IO3. The standard InChI is InChI=1S/C8H5Cl2IO3/c9-5-1-4(2-7(12)13)8(11-14)6(10)3-5/h1,3H,2H2,(H,12,13). The largest absolute Gasteiger partial charge is 0.481 e. The van der Waals surface area contributed by atoms with Gasteiger partial charge in [0, 0.05) is 5.02 Å². The highest BCUT2D eigenvalue weighted by Gasteiger charge is 2.12. The molecule has 76 valence electrons. The second kappa shape index (κ2) is 5.04. The van der Waals surface area contributed by atoms with Gasteiger partial charge in [-0.3, -0.25) is 7.86 Å². The van der Waals surface area contributed by atoms with E-state index in [4.69, 9.17) is 28.3 Å². The Bertz CT molecular complexity index is 392. The molecular weight excluding hydrogens is 342 g/mol. The third-order valence-corrected chi connectivity index (χ3v) is 4.04. The molecule has 0 heterocycles. The van der Waals surface area contributed by atoms with Crippen LogP contribution in [0.5, 0.6) is 0 Å². The number of carboxylic acids is 1. The number of hydrogen-bond donors (Lipinski definition) is 1. The van der Waals surface area contributed by atoms with Crippen LogP contribution in [0.3, 0.4) is 0 Å². The lowest BCUT2D eigenvalue weighted by Gasteiger charge is -2.03. The molecule has 1 N–H and O–H groups in total. The summed E-state index contributed by atoms with van der Waals surface area (Å²) in [4.78, 5) is 10.5. The van der Waals surface area contributed by atoms with Crippen LogP contribution in [-0.4, -0.2) is 11.1 Å². The van der Waals surface area contributed by atoms with Crippen molar-refractivity contribution < 1.29 is 13.0 Å². The van der Waals surface area contributed by atoms with E-state index >= 15 is 0 Å². The zero-order chi connectivity index (χ0) is 10.7. The zero-order valence-electron chi connectivity index (χ0n) is 6.76. The molecule has 0 unspecified atom stereocenters. The number of rotatable bonds is 3. The lowest BCUT2D eigenvalue weighted by molar-refractivity contribution is -0.136. The molecule has 0 radical (unpaired) electrons.